The van der Waals surface area contributed by atoms with Crippen molar-refractivity contribution in [3.8, 4) is 11.4 Å². The molecular weight excluding hydrogens is 430 g/mol. The number of aromatic amines is 1. The molecule has 0 bridgehead atoms. The number of hydrogen-bond donors (Lipinski definition) is 1. The summed E-state index contributed by atoms with van der Waals surface area (Å²) in [6.45, 7) is 6.43. The van der Waals surface area contributed by atoms with Gasteiger partial charge in [-0.1, -0.05) is 13.0 Å². The topological polar surface area (TPSA) is 108 Å². The number of nitrogens with one attached hydrogen (secondary N) is 1. The molecular formula is C21H25N7O3S. The lowest BCUT2D eigenvalue weighted by Gasteiger charge is -2.35. The number of anilines is 2. The zero-order valence-electron chi connectivity index (χ0n) is 18.0. The van der Waals surface area contributed by atoms with Crippen LogP contribution in [-0.2, 0) is 14.9 Å². The minimum atomic E-state index is -3.73. The largest absolute Gasteiger partial charge is 0.377 e. The zero-order chi connectivity index (χ0) is 22.3. The lowest BCUT2D eigenvalue weighted by Crippen LogP contribution is -2.45. The third-order valence-corrected chi connectivity index (χ3v) is 7.63. The van der Waals surface area contributed by atoms with Crippen LogP contribution in [0.5, 0.6) is 0 Å². The van der Waals surface area contributed by atoms with Crippen LogP contribution < -0.4 is 9.21 Å². The van der Waals surface area contributed by atoms with Gasteiger partial charge in [0, 0.05) is 55.2 Å². The molecule has 1 N–H and O–H groups in total. The van der Waals surface area contributed by atoms with Gasteiger partial charge in [0.2, 0.25) is 0 Å². The molecule has 3 aromatic rings. The first-order chi connectivity index (χ1) is 15.5. The molecule has 0 aromatic carbocycles. The van der Waals surface area contributed by atoms with E-state index in [-0.39, 0.29) is 6.04 Å². The number of aromatic nitrogens is 4. The van der Waals surface area contributed by atoms with Gasteiger partial charge in [-0.2, -0.15) is 12.7 Å². The lowest BCUT2D eigenvalue weighted by molar-refractivity contribution is 0.0985. The predicted octanol–water partition coefficient (Wildman–Crippen LogP) is 2.15. The maximum absolute atomic E-state index is 13.2. The van der Waals surface area contributed by atoms with Crippen molar-refractivity contribution in [1.82, 2.24) is 24.2 Å². The van der Waals surface area contributed by atoms with Gasteiger partial charge in [0.05, 0.1) is 19.3 Å². The standard InChI is InChI=1S/C21H25N7O3S/c1-3-26-9-4-10-28(32(26,29)30)19-13-18(27-11-12-31-14-15(27)2)24-21(25-19)17-6-8-23-20-16(17)5-7-22-20/h4-8,10,13,15H,3,9,11-12,14H2,1-2H3,(H,22,23)/t15-/m1/s1. The Morgan fingerprint density at radius 3 is 2.91 bits per heavy atom. The SMILES string of the molecule is CCN1CC=CN(c2cc(N3CCOC[C@H]3C)nc(-c3ccnc4[nH]ccc34)n2)S1(=O)=O. The zero-order valence-corrected chi connectivity index (χ0v) is 18.8. The van der Waals surface area contributed by atoms with E-state index in [1.807, 2.05) is 31.3 Å². The van der Waals surface area contributed by atoms with Gasteiger partial charge < -0.3 is 14.6 Å². The highest BCUT2D eigenvalue weighted by atomic mass is 32.2. The Hall–Kier alpha value is -3.02. The van der Waals surface area contributed by atoms with Gasteiger partial charge in [0.25, 0.3) is 0 Å². The lowest BCUT2D eigenvalue weighted by atomic mass is 10.1. The van der Waals surface area contributed by atoms with Gasteiger partial charge in [-0.25, -0.2) is 19.3 Å². The molecule has 32 heavy (non-hydrogen) atoms. The summed E-state index contributed by atoms with van der Waals surface area (Å²) >= 11 is 0. The normalized spacial score (nSPS) is 21.4. The Balaban J connectivity index is 1.69. The number of morpholine rings is 1. The number of pyridine rings is 1. The van der Waals surface area contributed by atoms with Crippen molar-refractivity contribution in [2.24, 2.45) is 0 Å². The molecule has 0 spiro atoms. The summed E-state index contributed by atoms with van der Waals surface area (Å²) in [7, 11) is -3.73. The van der Waals surface area contributed by atoms with E-state index in [0.29, 0.717) is 50.3 Å². The van der Waals surface area contributed by atoms with Crippen LogP contribution >= 0.6 is 0 Å². The van der Waals surface area contributed by atoms with Crippen LogP contribution in [0.1, 0.15) is 13.8 Å². The van der Waals surface area contributed by atoms with Crippen molar-refractivity contribution >= 4 is 32.9 Å². The number of rotatable bonds is 4. The average Bonchev–Trinajstić information content (AvgIpc) is 3.28. The van der Waals surface area contributed by atoms with Gasteiger partial charge in [-0.05, 0) is 19.1 Å². The van der Waals surface area contributed by atoms with Gasteiger partial charge in [0.1, 0.15) is 11.5 Å². The molecule has 2 aliphatic heterocycles. The smallest absolute Gasteiger partial charge is 0.309 e. The molecule has 2 aliphatic rings. The summed E-state index contributed by atoms with van der Waals surface area (Å²) in [5.74, 6) is 1.41. The first-order valence-corrected chi connectivity index (χ1v) is 12.0. The van der Waals surface area contributed by atoms with Crippen LogP contribution in [0.4, 0.5) is 11.6 Å². The number of likely N-dealkylation sites (N-methyl/N-ethyl adjacent to an activating group) is 1. The second-order valence-corrected chi connectivity index (χ2v) is 9.57. The summed E-state index contributed by atoms with van der Waals surface area (Å²) in [4.78, 5) is 19.1. The van der Waals surface area contributed by atoms with Gasteiger partial charge >= 0.3 is 10.2 Å². The van der Waals surface area contributed by atoms with E-state index in [0.717, 1.165) is 16.6 Å². The average molecular weight is 456 g/mol. The fourth-order valence-electron chi connectivity index (χ4n) is 4.07. The summed E-state index contributed by atoms with van der Waals surface area (Å²) in [6.07, 6.45) is 6.89. The molecule has 1 saturated heterocycles. The Morgan fingerprint density at radius 1 is 1.25 bits per heavy atom. The monoisotopic (exact) mass is 455 g/mol. The number of nitrogens with zero attached hydrogens (tertiary/aromatic N) is 6. The summed E-state index contributed by atoms with van der Waals surface area (Å²) in [5, 5.41) is 0.873. The quantitative estimate of drug-likeness (QED) is 0.642. The van der Waals surface area contributed by atoms with Gasteiger partial charge in [-0.15, -0.1) is 0 Å². The summed E-state index contributed by atoms with van der Waals surface area (Å²) < 4.78 is 34.6. The number of fused-ring (bicyclic) bond motifs is 1. The Labute approximate surface area is 186 Å². The molecule has 0 saturated carbocycles. The van der Waals surface area contributed by atoms with Crippen LogP contribution in [0.25, 0.3) is 22.4 Å². The number of ether oxygens (including phenoxy) is 1. The van der Waals surface area contributed by atoms with E-state index >= 15 is 0 Å². The second-order valence-electron chi connectivity index (χ2n) is 7.76. The van der Waals surface area contributed by atoms with E-state index in [4.69, 9.17) is 14.7 Å². The Bertz CT molecular complexity index is 1270. The predicted molar refractivity (Wildman–Crippen MR) is 123 cm³/mol. The van der Waals surface area contributed by atoms with Crippen molar-refractivity contribution in [3.05, 3.63) is 42.9 Å². The number of H-pyrrole nitrogens is 1. The van der Waals surface area contributed by atoms with Gasteiger partial charge in [-0.3, -0.25) is 0 Å². The van der Waals surface area contributed by atoms with E-state index in [2.05, 4.69) is 21.8 Å². The minimum Gasteiger partial charge on any atom is -0.377 e. The molecule has 168 valence electrons. The molecule has 0 aliphatic carbocycles. The third-order valence-electron chi connectivity index (χ3n) is 5.77. The summed E-state index contributed by atoms with van der Waals surface area (Å²) in [5.41, 5.74) is 1.51. The highest BCUT2D eigenvalue weighted by Gasteiger charge is 2.32. The summed E-state index contributed by atoms with van der Waals surface area (Å²) in [6, 6.07) is 5.61. The molecule has 11 heteroatoms. The molecule has 1 atom stereocenters. The van der Waals surface area contributed by atoms with E-state index in [1.165, 1.54) is 8.61 Å². The van der Waals surface area contributed by atoms with Crippen LogP contribution in [0.15, 0.2) is 42.9 Å². The first-order valence-electron chi connectivity index (χ1n) is 10.6. The van der Waals surface area contributed by atoms with Crippen LogP contribution in [-0.4, -0.2) is 71.5 Å². The maximum Gasteiger partial charge on any atom is 0.309 e. The van der Waals surface area contributed by atoms with Crippen molar-refractivity contribution in [3.63, 3.8) is 0 Å². The Morgan fingerprint density at radius 2 is 2.09 bits per heavy atom. The molecule has 5 heterocycles. The molecule has 0 radical (unpaired) electrons. The van der Waals surface area contributed by atoms with E-state index in [9.17, 15) is 8.42 Å². The number of hydrogen-bond acceptors (Lipinski definition) is 7. The second kappa shape index (κ2) is 8.15. The van der Waals surface area contributed by atoms with Crippen LogP contribution in [0, 0.1) is 0 Å². The highest BCUT2D eigenvalue weighted by Crippen LogP contribution is 2.32. The van der Waals surface area contributed by atoms with Crippen molar-refractivity contribution in [2.75, 3.05) is 42.1 Å². The molecule has 0 amide bonds. The molecule has 3 aromatic heterocycles. The highest BCUT2D eigenvalue weighted by molar-refractivity contribution is 7.90. The molecule has 10 nitrogen and oxygen atoms in total. The fraction of sp³-hybridized carbons (Fsp3) is 0.381. The molecule has 1 fully saturated rings. The van der Waals surface area contributed by atoms with E-state index < -0.39 is 10.2 Å². The Kier molecular flexibility index (Phi) is 5.31. The van der Waals surface area contributed by atoms with E-state index in [1.54, 1.807) is 18.5 Å². The minimum absolute atomic E-state index is 0.102. The van der Waals surface area contributed by atoms with Crippen molar-refractivity contribution in [1.29, 1.82) is 0 Å². The molecule has 0 unspecified atom stereocenters. The van der Waals surface area contributed by atoms with Crippen molar-refractivity contribution in [2.45, 2.75) is 19.9 Å². The van der Waals surface area contributed by atoms with Crippen molar-refractivity contribution < 1.29 is 13.2 Å². The third kappa shape index (κ3) is 3.51. The molecule has 5 rings (SSSR count). The maximum atomic E-state index is 13.2. The van der Waals surface area contributed by atoms with Gasteiger partial charge in [0.15, 0.2) is 11.6 Å². The first kappa shape index (κ1) is 20.9. The fourth-order valence-corrected chi connectivity index (χ4v) is 5.49. The van der Waals surface area contributed by atoms with Crippen LogP contribution in [0.2, 0.25) is 0 Å². The van der Waals surface area contributed by atoms with Crippen LogP contribution in [0.3, 0.4) is 0 Å².